The van der Waals surface area contributed by atoms with Gasteiger partial charge in [-0.25, -0.2) is 8.42 Å². The lowest BCUT2D eigenvalue weighted by molar-refractivity contribution is -0.112. The van der Waals surface area contributed by atoms with Crippen molar-refractivity contribution in [2.45, 2.75) is 0 Å². The van der Waals surface area contributed by atoms with Crippen LogP contribution in [0.25, 0.3) is 12.2 Å². The topological polar surface area (TPSA) is 110 Å². The summed E-state index contributed by atoms with van der Waals surface area (Å²) in [4.78, 5) is 12.0. The van der Waals surface area contributed by atoms with E-state index in [1.807, 2.05) is 0 Å². The molecule has 2 aromatic carbocycles. The number of phenolic OH excluding ortho intramolecular Hbond substituents is 2. The van der Waals surface area contributed by atoms with Crippen molar-refractivity contribution in [3.63, 3.8) is 0 Å². The number of allylic oxidation sites excluding steroid dienone is 1. The standard InChI is InChI=1S/C20H20O7S/c1-26-19-11-14(4-7-17(19)22)3-6-16(21)13-28(24,25)10-9-15-5-8-18(23)20(12-15)27-2/h3-12,22-23H,13H2,1-2H3/b6-3+,10-9+. The van der Waals surface area contributed by atoms with Gasteiger partial charge in [-0.2, -0.15) is 0 Å². The van der Waals surface area contributed by atoms with Crippen molar-refractivity contribution in [1.29, 1.82) is 0 Å². The van der Waals surface area contributed by atoms with Crippen molar-refractivity contribution >= 4 is 27.8 Å². The van der Waals surface area contributed by atoms with Crippen molar-refractivity contribution in [2.75, 3.05) is 20.0 Å². The van der Waals surface area contributed by atoms with Crippen LogP contribution in [0.1, 0.15) is 11.1 Å². The molecule has 7 nitrogen and oxygen atoms in total. The average molecular weight is 404 g/mol. The van der Waals surface area contributed by atoms with E-state index in [2.05, 4.69) is 0 Å². The van der Waals surface area contributed by atoms with Gasteiger partial charge in [0.25, 0.3) is 0 Å². The fourth-order valence-electron chi connectivity index (χ4n) is 2.26. The fourth-order valence-corrected chi connectivity index (χ4v) is 3.22. The molecule has 0 saturated heterocycles. The normalized spacial score (nSPS) is 11.8. The van der Waals surface area contributed by atoms with Crippen LogP contribution >= 0.6 is 0 Å². The Morgan fingerprint density at radius 3 is 1.93 bits per heavy atom. The molecular weight excluding hydrogens is 384 g/mol. The lowest BCUT2D eigenvalue weighted by Crippen LogP contribution is -2.11. The Balaban J connectivity index is 2.06. The molecule has 0 atom stereocenters. The number of rotatable bonds is 8. The van der Waals surface area contributed by atoms with Gasteiger partial charge in [0.1, 0.15) is 5.75 Å². The van der Waals surface area contributed by atoms with Gasteiger partial charge in [-0.05, 0) is 47.5 Å². The zero-order valence-electron chi connectivity index (χ0n) is 15.3. The number of ketones is 1. The van der Waals surface area contributed by atoms with Crippen molar-refractivity contribution in [1.82, 2.24) is 0 Å². The number of methoxy groups -OCH3 is 2. The zero-order valence-corrected chi connectivity index (χ0v) is 16.1. The SMILES string of the molecule is COc1cc(/C=C/C(=O)CS(=O)(=O)/C=C/c2ccc(O)c(OC)c2)ccc1O. The van der Waals surface area contributed by atoms with Crippen LogP contribution in [0.4, 0.5) is 0 Å². The van der Waals surface area contributed by atoms with Crippen LogP contribution in [0.3, 0.4) is 0 Å². The predicted molar refractivity (Wildman–Crippen MR) is 106 cm³/mol. The lowest BCUT2D eigenvalue weighted by Gasteiger charge is -2.04. The highest BCUT2D eigenvalue weighted by Crippen LogP contribution is 2.27. The van der Waals surface area contributed by atoms with E-state index in [1.165, 1.54) is 56.7 Å². The minimum absolute atomic E-state index is 0.0375. The van der Waals surface area contributed by atoms with Gasteiger partial charge in [0.15, 0.2) is 38.6 Å². The third-order valence-electron chi connectivity index (χ3n) is 3.68. The Morgan fingerprint density at radius 1 is 0.929 bits per heavy atom. The van der Waals surface area contributed by atoms with Gasteiger partial charge in [0.05, 0.1) is 14.2 Å². The van der Waals surface area contributed by atoms with E-state index in [-0.39, 0.29) is 23.0 Å². The van der Waals surface area contributed by atoms with E-state index in [1.54, 1.807) is 6.07 Å². The van der Waals surface area contributed by atoms with E-state index in [0.717, 1.165) is 11.5 Å². The Labute approximate surface area is 163 Å². The molecule has 28 heavy (non-hydrogen) atoms. The van der Waals surface area contributed by atoms with Crippen molar-refractivity contribution in [3.8, 4) is 23.0 Å². The van der Waals surface area contributed by atoms with Gasteiger partial charge in [-0.3, -0.25) is 4.79 Å². The van der Waals surface area contributed by atoms with Crippen molar-refractivity contribution in [2.24, 2.45) is 0 Å². The largest absolute Gasteiger partial charge is 0.504 e. The first-order valence-electron chi connectivity index (χ1n) is 8.10. The van der Waals surface area contributed by atoms with Crippen LogP contribution < -0.4 is 9.47 Å². The second-order valence-electron chi connectivity index (χ2n) is 5.77. The first kappa shape index (κ1) is 21.0. The molecule has 0 saturated carbocycles. The monoisotopic (exact) mass is 404 g/mol. The molecular formula is C20H20O7S. The van der Waals surface area contributed by atoms with Crippen LogP contribution in [-0.2, 0) is 14.6 Å². The Bertz CT molecular complexity index is 1020. The lowest BCUT2D eigenvalue weighted by atomic mass is 10.2. The molecule has 0 fully saturated rings. The number of benzene rings is 2. The number of hydrogen-bond acceptors (Lipinski definition) is 7. The van der Waals surface area contributed by atoms with Crippen molar-refractivity contribution < 1.29 is 32.9 Å². The van der Waals surface area contributed by atoms with Gasteiger partial charge in [0.2, 0.25) is 0 Å². The molecule has 0 aromatic heterocycles. The summed E-state index contributed by atoms with van der Waals surface area (Å²) in [5, 5.41) is 20.0. The Kier molecular flexibility index (Phi) is 6.84. The number of ether oxygens (including phenoxy) is 2. The minimum Gasteiger partial charge on any atom is -0.504 e. The smallest absolute Gasteiger partial charge is 0.179 e. The molecule has 0 spiro atoms. The highest BCUT2D eigenvalue weighted by molar-refractivity contribution is 7.95. The Hall–Kier alpha value is -3.26. The molecule has 2 N–H and O–H groups in total. The summed E-state index contributed by atoms with van der Waals surface area (Å²) < 4.78 is 34.2. The highest BCUT2D eigenvalue weighted by Gasteiger charge is 2.12. The van der Waals surface area contributed by atoms with E-state index in [9.17, 15) is 23.4 Å². The molecule has 0 aliphatic rings. The second-order valence-corrected chi connectivity index (χ2v) is 7.66. The number of aromatic hydroxyl groups is 2. The van der Waals surface area contributed by atoms with E-state index >= 15 is 0 Å². The molecule has 2 aromatic rings. The molecule has 0 amide bonds. The maximum Gasteiger partial charge on any atom is 0.179 e. The molecule has 148 valence electrons. The summed E-state index contributed by atoms with van der Waals surface area (Å²) in [5.74, 6) is -0.930. The van der Waals surface area contributed by atoms with Crippen LogP contribution in [0, 0.1) is 0 Å². The third-order valence-corrected chi connectivity index (χ3v) is 4.92. The van der Waals surface area contributed by atoms with E-state index in [4.69, 9.17) is 9.47 Å². The number of phenols is 2. The number of carbonyl (C=O) groups is 1. The maximum atomic E-state index is 12.1. The second kappa shape index (κ2) is 9.09. The zero-order chi connectivity index (χ0) is 20.7. The fraction of sp³-hybridized carbons (Fsp3) is 0.150. The average Bonchev–Trinajstić information content (AvgIpc) is 2.66. The molecule has 0 bridgehead atoms. The van der Waals surface area contributed by atoms with Crippen LogP contribution in [-0.4, -0.2) is 44.4 Å². The predicted octanol–water partition coefficient (Wildman–Crippen LogP) is 2.78. The molecule has 0 unspecified atom stereocenters. The van der Waals surface area contributed by atoms with E-state index in [0.29, 0.717) is 11.1 Å². The molecule has 0 aliphatic heterocycles. The van der Waals surface area contributed by atoms with Gasteiger partial charge < -0.3 is 19.7 Å². The van der Waals surface area contributed by atoms with Gasteiger partial charge in [0, 0.05) is 5.41 Å². The molecule has 8 heteroatoms. The van der Waals surface area contributed by atoms with Crippen LogP contribution in [0.15, 0.2) is 47.9 Å². The Morgan fingerprint density at radius 2 is 1.43 bits per heavy atom. The number of carbonyl (C=O) groups excluding carboxylic acids is 1. The van der Waals surface area contributed by atoms with Crippen LogP contribution in [0.2, 0.25) is 0 Å². The third kappa shape index (κ3) is 5.88. The molecule has 0 aliphatic carbocycles. The van der Waals surface area contributed by atoms with Gasteiger partial charge in [-0.1, -0.05) is 18.2 Å². The van der Waals surface area contributed by atoms with Gasteiger partial charge in [-0.15, -0.1) is 0 Å². The maximum absolute atomic E-state index is 12.1. The number of sulfone groups is 1. The minimum atomic E-state index is -3.78. The van der Waals surface area contributed by atoms with Crippen LogP contribution in [0.5, 0.6) is 23.0 Å². The summed E-state index contributed by atoms with van der Waals surface area (Å²) in [6, 6.07) is 8.87. The number of hydrogen-bond donors (Lipinski definition) is 2. The first-order valence-corrected chi connectivity index (χ1v) is 9.81. The summed E-state index contributed by atoms with van der Waals surface area (Å²) in [7, 11) is -1.000. The summed E-state index contributed by atoms with van der Waals surface area (Å²) in [5.41, 5.74) is 1.07. The molecule has 2 rings (SSSR count). The molecule has 0 heterocycles. The van der Waals surface area contributed by atoms with E-state index < -0.39 is 21.4 Å². The first-order chi connectivity index (χ1) is 13.2. The summed E-state index contributed by atoms with van der Waals surface area (Å²) >= 11 is 0. The highest BCUT2D eigenvalue weighted by atomic mass is 32.2. The quantitative estimate of drug-likeness (QED) is 0.651. The molecule has 0 radical (unpaired) electrons. The van der Waals surface area contributed by atoms with Crippen molar-refractivity contribution in [3.05, 3.63) is 59.0 Å². The van der Waals surface area contributed by atoms with Gasteiger partial charge >= 0.3 is 0 Å². The summed E-state index contributed by atoms with van der Waals surface area (Å²) in [6.07, 6.45) is 3.91. The summed E-state index contributed by atoms with van der Waals surface area (Å²) in [6.45, 7) is 0.